The molecule has 0 atom stereocenters. The Labute approximate surface area is 82.7 Å². The first-order valence-electron chi connectivity index (χ1n) is 4.50. The number of hydrogen-bond donors (Lipinski definition) is 0. The summed E-state index contributed by atoms with van der Waals surface area (Å²) < 4.78 is 18.7. The van der Waals surface area contributed by atoms with Crippen molar-refractivity contribution in [3.05, 3.63) is 29.1 Å². The van der Waals surface area contributed by atoms with Crippen molar-refractivity contribution in [3.63, 3.8) is 0 Å². The smallest absolute Gasteiger partial charge is 0.162 e. The summed E-state index contributed by atoms with van der Waals surface area (Å²) in [5, 5.41) is 0. The third kappa shape index (κ3) is 1.92. The van der Waals surface area contributed by atoms with Crippen LogP contribution in [-0.4, -0.2) is 12.4 Å². The number of hydrogen-bond acceptors (Lipinski definition) is 2. The number of rotatable bonds is 3. The topological polar surface area (TPSA) is 26.3 Å². The van der Waals surface area contributed by atoms with Crippen LogP contribution in [0.2, 0.25) is 0 Å². The molecule has 0 heterocycles. The Balaban J connectivity index is 3.19. The molecule has 0 saturated heterocycles. The van der Waals surface area contributed by atoms with E-state index in [0.29, 0.717) is 17.9 Å². The summed E-state index contributed by atoms with van der Waals surface area (Å²) in [6.07, 6.45) is 0. The third-order valence-electron chi connectivity index (χ3n) is 2.02. The largest absolute Gasteiger partial charge is 0.493 e. The van der Waals surface area contributed by atoms with Crippen molar-refractivity contribution in [1.29, 1.82) is 0 Å². The van der Waals surface area contributed by atoms with Gasteiger partial charge in [-0.2, -0.15) is 0 Å². The average Bonchev–Trinajstić information content (AvgIpc) is 2.13. The number of Topliss-reactive ketones (excluding diaryl/α,β-unsaturated/α-hetero) is 1. The highest BCUT2D eigenvalue weighted by atomic mass is 19.1. The number of halogens is 1. The van der Waals surface area contributed by atoms with Crippen LogP contribution in [0.5, 0.6) is 5.75 Å². The number of ketones is 1. The molecule has 76 valence electrons. The fourth-order valence-electron chi connectivity index (χ4n) is 1.25. The third-order valence-corrected chi connectivity index (χ3v) is 2.02. The predicted molar refractivity (Wildman–Crippen MR) is 52.3 cm³/mol. The Hall–Kier alpha value is -1.38. The van der Waals surface area contributed by atoms with E-state index in [-0.39, 0.29) is 11.3 Å². The van der Waals surface area contributed by atoms with Gasteiger partial charge in [0.05, 0.1) is 12.2 Å². The van der Waals surface area contributed by atoms with Crippen molar-refractivity contribution in [2.24, 2.45) is 0 Å². The van der Waals surface area contributed by atoms with Crippen molar-refractivity contribution in [2.45, 2.75) is 20.8 Å². The van der Waals surface area contributed by atoms with Gasteiger partial charge in [-0.15, -0.1) is 0 Å². The predicted octanol–water partition coefficient (Wildman–Crippen LogP) is 2.74. The van der Waals surface area contributed by atoms with E-state index >= 15 is 0 Å². The van der Waals surface area contributed by atoms with Gasteiger partial charge in [0.15, 0.2) is 5.78 Å². The molecule has 0 aliphatic rings. The van der Waals surface area contributed by atoms with Crippen LogP contribution in [0.3, 0.4) is 0 Å². The zero-order chi connectivity index (χ0) is 10.7. The van der Waals surface area contributed by atoms with Gasteiger partial charge in [-0.25, -0.2) is 4.39 Å². The zero-order valence-corrected chi connectivity index (χ0v) is 8.56. The fraction of sp³-hybridized carbons (Fsp3) is 0.364. The normalized spacial score (nSPS) is 10.0. The van der Waals surface area contributed by atoms with Gasteiger partial charge in [0, 0.05) is 5.56 Å². The Morgan fingerprint density at radius 2 is 2.14 bits per heavy atom. The van der Waals surface area contributed by atoms with Crippen LogP contribution in [-0.2, 0) is 0 Å². The maximum atomic E-state index is 13.5. The van der Waals surface area contributed by atoms with Crippen molar-refractivity contribution in [3.8, 4) is 5.75 Å². The zero-order valence-electron chi connectivity index (χ0n) is 8.56. The molecule has 0 aromatic heterocycles. The lowest BCUT2D eigenvalue weighted by molar-refractivity contribution is 0.101. The molecule has 3 heteroatoms. The molecule has 1 aromatic carbocycles. The fourth-order valence-corrected chi connectivity index (χ4v) is 1.25. The van der Waals surface area contributed by atoms with Crippen molar-refractivity contribution in [2.75, 3.05) is 6.61 Å². The molecule has 1 rings (SSSR count). The van der Waals surface area contributed by atoms with E-state index < -0.39 is 5.82 Å². The number of ether oxygens (including phenoxy) is 1. The molecular formula is C11H13FO2. The molecule has 0 unspecified atom stereocenters. The van der Waals surface area contributed by atoms with Gasteiger partial charge in [-0.3, -0.25) is 4.79 Å². The lowest BCUT2D eigenvalue weighted by Gasteiger charge is -2.09. The maximum absolute atomic E-state index is 13.5. The molecule has 0 amide bonds. The van der Waals surface area contributed by atoms with Gasteiger partial charge in [-0.1, -0.05) is 0 Å². The van der Waals surface area contributed by atoms with Gasteiger partial charge >= 0.3 is 0 Å². The quantitative estimate of drug-likeness (QED) is 0.695. The minimum Gasteiger partial charge on any atom is -0.493 e. The summed E-state index contributed by atoms with van der Waals surface area (Å²) in [7, 11) is 0. The Morgan fingerprint density at radius 3 is 2.64 bits per heavy atom. The molecule has 14 heavy (non-hydrogen) atoms. The van der Waals surface area contributed by atoms with E-state index in [2.05, 4.69) is 0 Å². The second-order valence-corrected chi connectivity index (χ2v) is 3.04. The first-order chi connectivity index (χ1) is 6.57. The van der Waals surface area contributed by atoms with E-state index in [9.17, 15) is 9.18 Å². The van der Waals surface area contributed by atoms with Crippen molar-refractivity contribution >= 4 is 5.78 Å². The summed E-state index contributed by atoms with van der Waals surface area (Å²) in [5.74, 6) is -0.257. The molecule has 0 spiro atoms. The van der Waals surface area contributed by atoms with Gasteiger partial charge in [0.25, 0.3) is 0 Å². The first kappa shape index (κ1) is 10.7. The van der Waals surface area contributed by atoms with Crippen LogP contribution in [0.1, 0.15) is 29.8 Å². The van der Waals surface area contributed by atoms with Gasteiger partial charge in [0.2, 0.25) is 0 Å². The molecule has 0 fully saturated rings. The molecule has 0 radical (unpaired) electrons. The monoisotopic (exact) mass is 196 g/mol. The summed E-state index contributed by atoms with van der Waals surface area (Å²) in [4.78, 5) is 11.0. The summed E-state index contributed by atoms with van der Waals surface area (Å²) >= 11 is 0. The Kier molecular flexibility index (Phi) is 3.23. The lowest BCUT2D eigenvalue weighted by Crippen LogP contribution is -2.02. The molecule has 0 N–H and O–H groups in total. The second-order valence-electron chi connectivity index (χ2n) is 3.04. The van der Waals surface area contributed by atoms with E-state index in [0.717, 1.165) is 0 Å². The molecule has 0 aliphatic carbocycles. The minimum absolute atomic E-state index is 0.117. The number of carbonyl (C=O) groups excluding carboxylic acids is 1. The Morgan fingerprint density at radius 1 is 1.50 bits per heavy atom. The molecule has 2 nitrogen and oxygen atoms in total. The second kappa shape index (κ2) is 4.22. The Bertz CT molecular complexity index is 359. The molecule has 0 bridgehead atoms. The molecular weight excluding hydrogens is 183 g/mol. The van der Waals surface area contributed by atoms with Crippen LogP contribution in [0.15, 0.2) is 12.1 Å². The molecule has 0 aliphatic heterocycles. The van der Waals surface area contributed by atoms with Crippen LogP contribution >= 0.6 is 0 Å². The SMILES string of the molecule is CCOc1ccc(C(C)=O)c(F)c1C. The van der Waals surface area contributed by atoms with Crippen LogP contribution in [0, 0.1) is 12.7 Å². The number of carbonyl (C=O) groups is 1. The minimum atomic E-state index is -0.483. The summed E-state index contributed by atoms with van der Waals surface area (Å²) in [5.41, 5.74) is 0.505. The summed E-state index contributed by atoms with van der Waals surface area (Å²) in [6.45, 7) is 5.26. The van der Waals surface area contributed by atoms with Crippen LogP contribution in [0.25, 0.3) is 0 Å². The molecule has 1 aromatic rings. The maximum Gasteiger partial charge on any atom is 0.162 e. The van der Waals surface area contributed by atoms with Crippen LogP contribution < -0.4 is 4.74 Å². The highest BCUT2D eigenvalue weighted by molar-refractivity contribution is 5.94. The van der Waals surface area contributed by atoms with Crippen molar-refractivity contribution < 1.29 is 13.9 Å². The van der Waals surface area contributed by atoms with Gasteiger partial charge in [-0.05, 0) is 32.9 Å². The van der Waals surface area contributed by atoms with E-state index in [1.165, 1.54) is 13.0 Å². The molecule has 0 saturated carbocycles. The van der Waals surface area contributed by atoms with E-state index in [1.54, 1.807) is 13.0 Å². The highest BCUT2D eigenvalue weighted by Gasteiger charge is 2.13. The van der Waals surface area contributed by atoms with E-state index in [4.69, 9.17) is 4.74 Å². The average molecular weight is 196 g/mol. The standard InChI is InChI=1S/C11H13FO2/c1-4-14-10-6-5-9(8(3)13)11(12)7(10)2/h5-6H,4H2,1-3H3. The van der Waals surface area contributed by atoms with E-state index in [1.807, 2.05) is 6.92 Å². The van der Waals surface area contributed by atoms with Crippen molar-refractivity contribution in [1.82, 2.24) is 0 Å². The van der Waals surface area contributed by atoms with Gasteiger partial charge < -0.3 is 4.74 Å². The lowest BCUT2D eigenvalue weighted by atomic mass is 10.1. The first-order valence-corrected chi connectivity index (χ1v) is 4.50. The van der Waals surface area contributed by atoms with Gasteiger partial charge in [0.1, 0.15) is 11.6 Å². The number of benzene rings is 1. The highest BCUT2D eigenvalue weighted by Crippen LogP contribution is 2.23. The van der Waals surface area contributed by atoms with Crippen LogP contribution in [0.4, 0.5) is 4.39 Å². The summed E-state index contributed by atoms with van der Waals surface area (Å²) in [6, 6.07) is 3.08.